The molecule has 144 valence electrons. The Kier molecular flexibility index (Phi) is 5.72. The predicted octanol–water partition coefficient (Wildman–Crippen LogP) is 4.24. The van der Waals surface area contributed by atoms with Crippen molar-refractivity contribution in [2.75, 3.05) is 11.9 Å². The van der Waals surface area contributed by atoms with E-state index in [1.54, 1.807) is 0 Å². The maximum atomic E-state index is 13.1. The molecule has 1 aromatic carbocycles. The van der Waals surface area contributed by atoms with Crippen molar-refractivity contribution in [2.45, 2.75) is 26.9 Å². The number of Topliss-reactive ketones (excluding diaryl/α,β-unsaturated/α-hetero) is 1. The van der Waals surface area contributed by atoms with Gasteiger partial charge in [-0.25, -0.2) is 4.79 Å². The third kappa shape index (κ3) is 4.18. The zero-order chi connectivity index (χ0) is 20.4. The lowest BCUT2D eigenvalue weighted by Crippen LogP contribution is -2.20. The average molecular weight is 383 g/mol. The number of hydrogen-bond acceptors (Lipinski definition) is 5. The lowest BCUT2D eigenvalue weighted by molar-refractivity contribution is -0.137. The lowest BCUT2D eigenvalue weighted by Gasteiger charge is -2.12. The number of furan rings is 1. The Balaban J connectivity index is 2.50. The number of nitrogens with one attached hydrogen (secondary N) is 1. The van der Waals surface area contributed by atoms with Crippen LogP contribution in [0.15, 0.2) is 28.7 Å². The van der Waals surface area contributed by atoms with E-state index in [9.17, 15) is 27.6 Å². The van der Waals surface area contributed by atoms with Gasteiger partial charge in [-0.15, -0.1) is 0 Å². The van der Waals surface area contributed by atoms with Crippen LogP contribution in [0.25, 0.3) is 0 Å². The minimum Gasteiger partial charge on any atom is -0.462 e. The van der Waals surface area contributed by atoms with Gasteiger partial charge in [0.1, 0.15) is 11.3 Å². The molecule has 1 N–H and O–H groups in total. The van der Waals surface area contributed by atoms with Crippen molar-refractivity contribution < 1.29 is 36.7 Å². The molecule has 0 fully saturated rings. The number of alkyl halides is 3. The second-order valence-electron chi connectivity index (χ2n) is 5.51. The van der Waals surface area contributed by atoms with Crippen LogP contribution in [0.3, 0.4) is 0 Å². The van der Waals surface area contributed by atoms with E-state index in [1.807, 2.05) is 0 Å². The Bertz CT molecular complexity index is 899. The minimum atomic E-state index is -4.75. The third-order valence-corrected chi connectivity index (χ3v) is 3.62. The van der Waals surface area contributed by atoms with E-state index in [0.717, 1.165) is 18.2 Å². The van der Waals surface area contributed by atoms with E-state index < -0.39 is 40.8 Å². The van der Waals surface area contributed by atoms with Crippen molar-refractivity contribution in [2.24, 2.45) is 0 Å². The maximum absolute atomic E-state index is 13.1. The van der Waals surface area contributed by atoms with Gasteiger partial charge in [0.15, 0.2) is 5.78 Å². The second-order valence-corrected chi connectivity index (χ2v) is 5.51. The Hall–Kier alpha value is -3.10. The number of amides is 1. The van der Waals surface area contributed by atoms with E-state index in [1.165, 1.54) is 26.8 Å². The smallest absolute Gasteiger partial charge is 0.417 e. The van der Waals surface area contributed by atoms with Gasteiger partial charge in [0, 0.05) is 0 Å². The first kappa shape index (κ1) is 20.2. The third-order valence-electron chi connectivity index (χ3n) is 3.62. The number of ketones is 1. The van der Waals surface area contributed by atoms with E-state index in [4.69, 9.17) is 9.15 Å². The summed E-state index contributed by atoms with van der Waals surface area (Å²) in [6, 6.07) is 4.17. The molecule has 0 atom stereocenters. The van der Waals surface area contributed by atoms with Gasteiger partial charge >= 0.3 is 12.1 Å². The summed E-state index contributed by atoms with van der Waals surface area (Å²) in [5.74, 6) is -3.00. The molecule has 0 unspecified atom stereocenters. The molecule has 9 heteroatoms. The summed E-state index contributed by atoms with van der Waals surface area (Å²) >= 11 is 0. The molecule has 0 spiro atoms. The van der Waals surface area contributed by atoms with Crippen LogP contribution < -0.4 is 5.32 Å². The number of hydrogen-bond donors (Lipinski definition) is 1. The monoisotopic (exact) mass is 383 g/mol. The fourth-order valence-corrected chi connectivity index (χ4v) is 2.55. The summed E-state index contributed by atoms with van der Waals surface area (Å²) in [6.45, 7) is 4.10. The first-order valence-electron chi connectivity index (χ1n) is 7.86. The predicted molar refractivity (Wildman–Crippen MR) is 88.8 cm³/mol. The number of benzene rings is 1. The molecule has 27 heavy (non-hydrogen) atoms. The van der Waals surface area contributed by atoms with Crippen LogP contribution >= 0.6 is 0 Å². The van der Waals surface area contributed by atoms with Crippen molar-refractivity contribution in [1.82, 2.24) is 0 Å². The van der Waals surface area contributed by atoms with Gasteiger partial charge in [0.2, 0.25) is 5.88 Å². The first-order chi connectivity index (χ1) is 12.6. The number of esters is 1. The van der Waals surface area contributed by atoms with Gasteiger partial charge in [-0.1, -0.05) is 12.1 Å². The standard InChI is InChI=1S/C18H16F3NO5/c1-4-26-17(25)14-13(9(2)23)10(3)27-16(14)22-15(24)11-7-5-6-8-12(11)18(19,20)21/h5-8H,4H2,1-3H3,(H,22,24). The fourth-order valence-electron chi connectivity index (χ4n) is 2.55. The summed E-state index contributed by atoms with van der Waals surface area (Å²) in [5.41, 5.74) is -2.24. The van der Waals surface area contributed by atoms with Gasteiger partial charge in [-0.05, 0) is 32.9 Å². The number of carbonyl (C=O) groups is 3. The average Bonchev–Trinajstić information content (AvgIpc) is 2.90. The normalized spacial score (nSPS) is 11.2. The van der Waals surface area contributed by atoms with Gasteiger partial charge in [0.25, 0.3) is 5.91 Å². The molecule has 2 rings (SSSR count). The molecule has 2 aromatic rings. The zero-order valence-corrected chi connectivity index (χ0v) is 14.7. The van der Waals surface area contributed by atoms with Crippen LogP contribution in [0.2, 0.25) is 0 Å². The van der Waals surface area contributed by atoms with Crippen LogP contribution in [0.1, 0.15) is 56.2 Å². The summed E-state index contributed by atoms with van der Waals surface area (Å²) in [7, 11) is 0. The van der Waals surface area contributed by atoms with Crippen molar-refractivity contribution in [3.63, 3.8) is 0 Å². The number of anilines is 1. The van der Waals surface area contributed by atoms with Gasteiger partial charge in [-0.2, -0.15) is 13.2 Å². The van der Waals surface area contributed by atoms with Gasteiger partial charge in [-0.3, -0.25) is 14.9 Å². The van der Waals surface area contributed by atoms with E-state index >= 15 is 0 Å². The molecule has 6 nitrogen and oxygen atoms in total. The van der Waals surface area contributed by atoms with Crippen molar-refractivity contribution in [3.8, 4) is 0 Å². The molecular weight excluding hydrogens is 367 g/mol. The Morgan fingerprint density at radius 1 is 1.15 bits per heavy atom. The highest BCUT2D eigenvalue weighted by atomic mass is 19.4. The van der Waals surface area contributed by atoms with Gasteiger partial charge < -0.3 is 9.15 Å². The number of carbonyl (C=O) groups excluding carboxylic acids is 3. The van der Waals surface area contributed by atoms with E-state index in [-0.39, 0.29) is 23.5 Å². The molecule has 1 aromatic heterocycles. The maximum Gasteiger partial charge on any atom is 0.417 e. The van der Waals surface area contributed by atoms with Crippen molar-refractivity contribution in [1.29, 1.82) is 0 Å². The summed E-state index contributed by atoms with van der Waals surface area (Å²) < 4.78 is 49.4. The van der Waals surface area contributed by atoms with Crippen molar-refractivity contribution >= 4 is 23.5 Å². The highest BCUT2D eigenvalue weighted by Gasteiger charge is 2.36. The highest BCUT2D eigenvalue weighted by Crippen LogP contribution is 2.33. The molecule has 1 heterocycles. The largest absolute Gasteiger partial charge is 0.462 e. The molecular formula is C18H16F3NO5. The molecule has 1 amide bonds. The van der Waals surface area contributed by atoms with Crippen LogP contribution in [0.5, 0.6) is 0 Å². The van der Waals surface area contributed by atoms with Crippen LogP contribution in [0, 0.1) is 6.92 Å². The summed E-state index contributed by atoms with van der Waals surface area (Å²) in [6.07, 6.45) is -4.75. The molecule has 0 aliphatic rings. The minimum absolute atomic E-state index is 0.00923. The number of halogens is 3. The number of rotatable bonds is 5. The van der Waals surface area contributed by atoms with Crippen LogP contribution in [-0.2, 0) is 10.9 Å². The Labute approximate surface area is 152 Å². The van der Waals surface area contributed by atoms with Gasteiger partial charge in [0.05, 0.1) is 23.3 Å². The number of ether oxygens (including phenoxy) is 1. The Morgan fingerprint density at radius 2 is 1.78 bits per heavy atom. The SMILES string of the molecule is CCOC(=O)c1c(NC(=O)c2ccccc2C(F)(F)F)oc(C)c1C(C)=O. The number of aryl methyl sites for hydroxylation is 1. The highest BCUT2D eigenvalue weighted by molar-refractivity contribution is 6.13. The second kappa shape index (κ2) is 7.65. The van der Waals surface area contributed by atoms with Crippen LogP contribution in [-0.4, -0.2) is 24.3 Å². The molecule has 0 aliphatic carbocycles. The summed E-state index contributed by atoms with van der Waals surface area (Å²) in [5, 5.41) is 2.14. The first-order valence-corrected chi connectivity index (χ1v) is 7.86. The quantitative estimate of drug-likeness (QED) is 0.617. The molecule has 0 radical (unpaired) electrons. The molecule has 0 saturated heterocycles. The van der Waals surface area contributed by atoms with Crippen LogP contribution in [0.4, 0.5) is 19.1 Å². The molecule has 0 bridgehead atoms. The topological polar surface area (TPSA) is 85.6 Å². The zero-order valence-electron chi connectivity index (χ0n) is 14.7. The Morgan fingerprint density at radius 3 is 2.33 bits per heavy atom. The summed E-state index contributed by atoms with van der Waals surface area (Å²) in [4.78, 5) is 36.4. The van der Waals surface area contributed by atoms with E-state index in [0.29, 0.717) is 0 Å². The van der Waals surface area contributed by atoms with Crippen molar-refractivity contribution in [3.05, 3.63) is 52.3 Å². The lowest BCUT2D eigenvalue weighted by atomic mass is 10.1. The molecule has 0 aliphatic heterocycles. The fraction of sp³-hybridized carbons (Fsp3) is 0.278. The molecule has 0 saturated carbocycles. The van der Waals surface area contributed by atoms with E-state index in [2.05, 4.69) is 5.32 Å².